The van der Waals surface area contributed by atoms with E-state index in [0.717, 1.165) is 5.56 Å². The molecule has 0 saturated carbocycles. The van der Waals surface area contributed by atoms with Crippen LogP contribution in [0.3, 0.4) is 0 Å². The molecule has 158 valence electrons. The minimum absolute atomic E-state index is 0. The molecule has 2 heterocycles. The molecular weight excluding hydrogens is 392 g/mol. The number of hydrogen-bond donors (Lipinski definition) is 2. The molecule has 1 unspecified atom stereocenters. The number of ether oxygens (including phenoxy) is 1. The minimum Gasteiger partial charge on any atom is -0.462 e. The highest BCUT2D eigenvalue weighted by molar-refractivity contribution is 5.96. The van der Waals surface area contributed by atoms with Crippen LogP contribution in [0.15, 0.2) is 47.4 Å². The second-order valence-electron chi connectivity index (χ2n) is 8.00. The maximum atomic E-state index is 12.9. The second-order valence-corrected chi connectivity index (χ2v) is 8.00. The lowest BCUT2D eigenvalue weighted by molar-refractivity contribution is -0.0998. The molecule has 1 aromatic carbocycles. The largest absolute Gasteiger partial charge is 0.462 e. The standard InChI is InChI=1S/C22H28N2O4.ClH/c1-4-28-20(26)18-13-24(15-22(27)10-11-23-14-21(22,2)3)19(25)12-17(18)16-8-6-5-7-9-16;/h5-9,12-13,23,27H,4,10-11,14-15H2,1-3H3;1H. The molecule has 6 nitrogen and oxygen atoms in total. The van der Waals surface area contributed by atoms with Crippen molar-refractivity contribution in [1.29, 1.82) is 0 Å². The van der Waals surface area contributed by atoms with Crippen LogP contribution >= 0.6 is 12.4 Å². The SMILES string of the molecule is CCOC(=O)c1cn(CC2(O)CCNCC2(C)C)c(=O)cc1-c1ccccc1.Cl. The van der Waals surface area contributed by atoms with Gasteiger partial charge in [-0.2, -0.15) is 0 Å². The molecule has 1 aliphatic heterocycles. The van der Waals surface area contributed by atoms with Gasteiger partial charge in [0.2, 0.25) is 0 Å². The molecule has 0 radical (unpaired) electrons. The normalized spacial score (nSPS) is 20.6. The van der Waals surface area contributed by atoms with E-state index < -0.39 is 17.0 Å². The van der Waals surface area contributed by atoms with Crippen molar-refractivity contribution in [2.24, 2.45) is 5.41 Å². The molecule has 1 aliphatic rings. The summed E-state index contributed by atoms with van der Waals surface area (Å²) in [7, 11) is 0. The summed E-state index contributed by atoms with van der Waals surface area (Å²) in [6.07, 6.45) is 2.06. The number of pyridine rings is 1. The summed E-state index contributed by atoms with van der Waals surface area (Å²) in [5, 5.41) is 14.6. The molecule has 29 heavy (non-hydrogen) atoms. The van der Waals surface area contributed by atoms with Gasteiger partial charge in [-0.25, -0.2) is 4.79 Å². The number of halogens is 1. The van der Waals surface area contributed by atoms with E-state index in [9.17, 15) is 14.7 Å². The molecule has 0 bridgehead atoms. The molecule has 3 rings (SSSR count). The summed E-state index contributed by atoms with van der Waals surface area (Å²) in [6.45, 7) is 7.42. The predicted molar refractivity (Wildman–Crippen MR) is 116 cm³/mol. The minimum atomic E-state index is -1.05. The van der Waals surface area contributed by atoms with Gasteiger partial charge in [0.25, 0.3) is 5.56 Å². The van der Waals surface area contributed by atoms with Gasteiger partial charge < -0.3 is 19.7 Å². The van der Waals surface area contributed by atoms with Gasteiger partial charge in [0.1, 0.15) is 0 Å². The van der Waals surface area contributed by atoms with E-state index in [2.05, 4.69) is 5.32 Å². The summed E-state index contributed by atoms with van der Waals surface area (Å²) >= 11 is 0. The van der Waals surface area contributed by atoms with Crippen LogP contribution in [0, 0.1) is 5.41 Å². The number of benzene rings is 1. The highest BCUT2D eigenvalue weighted by Gasteiger charge is 2.45. The fraction of sp³-hybridized carbons (Fsp3) is 0.455. The first kappa shape index (κ1) is 23.1. The summed E-state index contributed by atoms with van der Waals surface area (Å²) in [6, 6.07) is 10.8. The van der Waals surface area contributed by atoms with Crippen molar-refractivity contribution in [3.05, 3.63) is 58.5 Å². The lowest BCUT2D eigenvalue weighted by Crippen LogP contribution is -2.58. The third kappa shape index (κ3) is 4.71. The number of rotatable bonds is 5. The van der Waals surface area contributed by atoms with Crippen LogP contribution in [0.25, 0.3) is 11.1 Å². The molecule has 0 spiro atoms. The van der Waals surface area contributed by atoms with E-state index in [1.165, 1.54) is 16.8 Å². The zero-order chi connectivity index (χ0) is 20.4. The van der Waals surface area contributed by atoms with Crippen LogP contribution in [0.2, 0.25) is 0 Å². The number of nitrogens with one attached hydrogen (secondary N) is 1. The van der Waals surface area contributed by atoms with Crippen molar-refractivity contribution in [3.63, 3.8) is 0 Å². The summed E-state index contributed by atoms with van der Waals surface area (Å²) < 4.78 is 6.65. The Morgan fingerprint density at radius 2 is 1.97 bits per heavy atom. The first-order valence-electron chi connectivity index (χ1n) is 9.67. The molecule has 2 N–H and O–H groups in total. The molecule has 2 aromatic rings. The van der Waals surface area contributed by atoms with Crippen molar-refractivity contribution in [2.75, 3.05) is 19.7 Å². The van der Waals surface area contributed by atoms with E-state index >= 15 is 0 Å². The zero-order valence-electron chi connectivity index (χ0n) is 17.1. The monoisotopic (exact) mass is 420 g/mol. The summed E-state index contributed by atoms with van der Waals surface area (Å²) in [5.41, 5.74) is -0.0833. The Bertz CT molecular complexity index is 911. The summed E-state index contributed by atoms with van der Waals surface area (Å²) in [4.78, 5) is 25.4. The zero-order valence-corrected chi connectivity index (χ0v) is 17.9. The Labute approximate surface area is 177 Å². The maximum Gasteiger partial charge on any atom is 0.340 e. The van der Waals surface area contributed by atoms with Gasteiger partial charge >= 0.3 is 5.97 Å². The van der Waals surface area contributed by atoms with Gasteiger partial charge in [-0.15, -0.1) is 12.4 Å². The number of carbonyl (C=O) groups is 1. The number of piperidine rings is 1. The van der Waals surface area contributed by atoms with Gasteiger partial charge in [0, 0.05) is 29.8 Å². The van der Waals surface area contributed by atoms with Crippen LogP contribution in [0.5, 0.6) is 0 Å². The van der Waals surface area contributed by atoms with Crippen LogP contribution in [-0.2, 0) is 11.3 Å². The third-order valence-electron chi connectivity index (χ3n) is 5.68. The Balaban J connectivity index is 0.00000300. The number of nitrogens with zero attached hydrogens (tertiary/aromatic N) is 1. The Morgan fingerprint density at radius 1 is 1.28 bits per heavy atom. The number of esters is 1. The molecule has 1 atom stereocenters. The van der Waals surface area contributed by atoms with E-state index in [4.69, 9.17) is 4.74 Å². The van der Waals surface area contributed by atoms with E-state index in [1.807, 2.05) is 44.2 Å². The van der Waals surface area contributed by atoms with Crippen molar-refractivity contribution in [1.82, 2.24) is 9.88 Å². The average Bonchev–Trinajstić information content (AvgIpc) is 2.66. The van der Waals surface area contributed by atoms with Crippen molar-refractivity contribution in [2.45, 2.75) is 39.3 Å². The maximum absolute atomic E-state index is 12.9. The molecule has 0 aliphatic carbocycles. The number of hydrogen-bond acceptors (Lipinski definition) is 5. The molecule has 1 aromatic heterocycles. The van der Waals surface area contributed by atoms with Gasteiger partial charge in [0.05, 0.1) is 24.3 Å². The first-order valence-corrected chi connectivity index (χ1v) is 9.67. The van der Waals surface area contributed by atoms with Crippen LogP contribution < -0.4 is 10.9 Å². The topological polar surface area (TPSA) is 80.6 Å². The highest BCUT2D eigenvalue weighted by atomic mass is 35.5. The van der Waals surface area contributed by atoms with Crippen molar-refractivity contribution < 1.29 is 14.6 Å². The predicted octanol–water partition coefficient (Wildman–Crippen LogP) is 2.86. The Morgan fingerprint density at radius 3 is 2.59 bits per heavy atom. The molecule has 1 fully saturated rings. The van der Waals surface area contributed by atoms with E-state index in [0.29, 0.717) is 30.6 Å². The van der Waals surface area contributed by atoms with Gasteiger partial charge in [-0.05, 0) is 25.5 Å². The van der Waals surface area contributed by atoms with Crippen molar-refractivity contribution >= 4 is 18.4 Å². The smallest absolute Gasteiger partial charge is 0.340 e. The summed E-state index contributed by atoms with van der Waals surface area (Å²) in [5.74, 6) is -0.480. The fourth-order valence-corrected chi connectivity index (χ4v) is 3.70. The van der Waals surface area contributed by atoms with Gasteiger partial charge in [-0.1, -0.05) is 44.2 Å². The molecule has 7 heteroatoms. The van der Waals surface area contributed by atoms with Crippen LogP contribution in [0.1, 0.15) is 37.6 Å². The Hall–Kier alpha value is -2.15. The number of aliphatic hydroxyl groups is 1. The van der Waals surface area contributed by atoms with Crippen LogP contribution in [0.4, 0.5) is 0 Å². The van der Waals surface area contributed by atoms with E-state index in [1.54, 1.807) is 6.92 Å². The Kier molecular flexibility index (Phi) is 7.27. The molecular formula is C22H29ClN2O4. The highest BCUT2D eigenvalue weighted by Crippen LogP contribution is 2.37. The number of aromatic nitrogens is 1. The molecule has 1 saturated heterocycles. The lowest BCUT2D eigenvalue weighted by Gasteiger charge is -2.47. The quantitative estimate of drug-likeness (QED) is 0.727. The van der Waals surface area contributed by atoms with Gasteiger partial charge in [0.15, 0.2) is 0 Å². The van der Waals surface area contributed by atoms with Crippen LogP contribution in [-0.4, -0.2) is 40.9 Å². The third-order valence-corrected chi connectivity index (χ3v) is 5.68. The van der Waals surface area contributed by atoms with Gasteiger partial charge in [-0.3, -0.25) is 4.79 Å². The fourth-order valence-electron chi connectivity index (χ4n) is 3.70. The average molecular weight is 421 g/mol. The number of carbonyl (C=O) groups excluding carboxylic acids is 1. The van der Waals surface area contributed by atoms with E-state index in [-0.39, 0.29) is 31.1 Å². The van der Waals surface area contributed by atoms with Crippen molar-refractivity contribution in [3.8, 4) is 11.1 Å². The first-order chi connectivity index (χ1) is 13.3. The second kappa shape index (κ2) is 9.11. The molecule has 0 amide bonds. The lowest BCUT2D eigenvalue weighted by atomic mass is 9.70.